The average Bonchev–Trinajstić information content (AvgIpc) is 2.83. The molecule has 0 saturated heterocycles. The summed E-state index contributed by atoms with van der Waals surface area (Å²) >= 11 is 0. The lowest BCUT2D eigenvalue weighted by molar-refractivity contribution is 0.424. The lowest BCUT2D eigenvalue weighted by Crippen LogP contribution is -2.35. The summed E-state index contributed by atoms with van der Waals surface area (Å²) in [5.74, 6) is 2.01. The van der Waals surface area contributed by atoms with E-state index in [1.807, 2.05) is 18.6 Å². The molecule has 0 aliphatic carbocycles. The van der Waals surface area contributed by atoms with Crippen molar-refractivity contribution >= 4 is 0 Å². The second kappa shape index (κ2) is 5.75. The van der Waals surface area contributed by atoms with E-state index in [-0.39, 0.29) is 5.54 Å². The van der Waals surface area contributed by atoms with Gasteiger partial charge in [0.2, 0.25) is 0 Å². The van der Waals surface area contributed by atoms with Gasteiger partial charge in [-0.25, -0.2) is 9.97 Å². The molecule has 0 spiro atoms. The van der Waals surface area contributed by atoms with Crippen LogP contribution in [0.15, 0.2) is 24.7 Å². The standard InChI is InChI=1S/C16H24N4/c1-6-14-17-7-8-20(14)15-12(2)9-13(10-18-15)11-19-16(3,4)5/h7-10,19H,6,11H2,1-5H3. The molecule has 0 unspecified atom stereocenters. The highest BCUT2D eigenvalue weighted by Gasteiger charge is 2.11. The van der Waals surface area contributed by atoms with Crippen molar-refractivity contribution in [1.29, 1.82) is 0 Å². The van der Waals surface area contributed by atoms with Gasteiger partial charge in [-0.2, -0.15) is 0 Å². The first-order chi connectivity index (χ1) is 9.40. The van der Waals surface area contributed by atoms with Gasteiger partial charge < -0.3 is 5.32 Å². The average molecular weight is 272 g/mol. The molecule has 2 rings (SSSR count). The zero-order chi connectivity index (χ0) is 14.8. The number of aromatic nitrogens is 3. The van der Waals surface area contributed by atoms with E-state index in [0.29, 0.717) is 0 Å². The Kier molecular flexibility index (Phi) is 4.23. The molecule has 20 heavy (non-hydrogen) atoms. The van der Waals surface area contributed by atoms with Gasteiger partial charge in [0.25, 0.3) is 0 Å². The SMILES string of the molecule is CCc1nccn1-c1ncc(CNC(C)(C)C)cc1C. The van der Waals surface area contributed by atoms with Gasteiger partial charge >= 0.3 is 0 Å². The molecule has 0 amide bonds. The Bertz CT molecular complexity index is 578. The Hall–Kier alpha value is -1.68. The Morgan fingerprint density at radius 1 is 1.25 bits per heavy atom. The Balaban J connectivity index is 2.22. The van der Waals surface area contributed by atoms with Crippen molar-refractivity contribution in [2.75, 3.05) is 0 Å². The zero-order valence-corrected chi connectivity index (χ0v) is 13.1. The molecule has 0 aliphatic heterocycles. The lowest BCUT2D eigenvalue weighted by Gasteiger charge is -2.20. The summed E-state index contributed by atoms with van der Waals surface area (Å²) in [5, 5.41) is 3.48. The molecule has 0 saturated carbocycles. The number of rotatable bonds is 4. The van der Waals surface area contributed by atoms with Crippen LogP contribution in [-0.4, -0.2) is 20.1 Å². The van der Waals surface area contributed by atoms with Crippen LogP contribution in [0.1, 0.15) is 44.6 Å². The number of nitrogens with one attached hydrogen (secondary N) is 1. The summed E-state index contributed by atoms with van der Waals surface area (Å²) in [4.78, 5) is 8.97. The molecule has 0 aliphatic rings. The van der Waals surface area contributed by atoms with E-state index in [1.165, 1.54) is 11.1 Å². The van der Waals surface area contributed by atoms with E-state index >= 15 is 0 Å². The van der Waals surface area contributed by atoms with Crippen LogP contribution in [0.2, 0.25) is 0 Å². The monoisotopic (exact) mass is 272 g/mol. The molecule has 0 fully saturated rings. The van der Waals surface area contributed by atoms with E-state index in [1.54, 1.807) is 0 Å². The van der Waals surface area contributed by atoms with Crippen LogP contribution in [0.5, 0.6) is 0 Å². The number of pyridine rings is 1. The van der Waals surface area contributed by atoms with Crippen molar-refractivity contribution in [3.63, 3.8) is 0 Å². The van der Waals surface area contributed by atoms with Crippen molar-refractivity contribution in [2.45, 2.75) is 53.1 Å². The van der Waals surface area contributed by atoms with E-state index in [0.717, 1.165) is 24.6 Å². The molecule has 0 radical (unpaired) electrons. The molecule has 0 aromatic carbocycles. The predicted octanol–water partition coefficient (Wildman–Crippen LogP) is 3.03. The molecular formula is C16H24N4. The molecule has 1 N–H and O–H groups in total. The van der Waals surface area contributed by atoms with Crippen molar-refractivity contribution in [1.82, 2.24) is 19.9 Å². The van der Waals surface area contributed by atoms with Gasteiger partial charge in [-0.05, 0) is 44.9 Å². The fourth-order valence-corrected chi connectivity index (χ4v) is 2.13. The second-order valence-corrected chi connectivity index (χ2v) is 6.15. The number of hydrogen-bond acceptors (Lipinski definition) is 3. The first kappa shape index (κ1) is 14.7. The largest absolute Gasteiger partial charge is 0.308 e. The van der Waals surface area contributed by atoms with Crippen molar-refractivity contribution in [3.05, 3.63) is 41.6 Å². The summed E-state index contributed by atoms with van der Waals surface area (Å²) < 4.78 is 2.07. The second-order valence-electron chi connectivity index (χ2n) is 6.15. The van der Waals surface area contributed by atoms with Crippen LogP contribution in [-0.2, 0) is 13.0 Å². The maximum atomic E-state index is 4.61. The van der Waals surface area contributed by atoms with Gasteiger partial charge in [0, 0.05) is 37.1 Å². The molecule has 0 bridgehead atoms. The summed E-state index contributed by atoms with van der Waals surface area (Å²) in [7, 11) is 0. The molecule has 2 aromatic heterocycles. The minimum atomic E-state index is 0.117. The maximum absolute atomic E-state index is 4.61. The minimum absolute atomic E-state index is 0.117. The van der Waals surface area contributed by atoms with Crippen molar-refractivity contribution < 1.29 is 0 Å². The van der Waals surface area contributed by atoms with E-state index in [9.17, 15) is 0 Å². The van der Waals surface area contributed by atoms with E-state index in [2.05, 4.69) is 60.5 Å². The van der Waals surface area contributed by atoms with Gasteiger partial charge in [-0.3, -0.25) is 4.57 Å². The highest BCUT2D eigenvalue weighted by Crippen LogP contribution is 2.15. The topological polar surface area (TPSA) is 42.7 Å². The summed E-state index contributed by atoms with van der Waals surface area (Å²) in [6.45, 7) is 11.5. The highest BCUT2D eigenvalue weighted by molar-refractivity contribution is 5.36. The van der Waals surface area contributed by atoms with E-state index < -0.39 is 0 Å². The van der Waals surface area contributed by atoms with Crippen LogP contribution in [0, 0.1) is 6.92 Å². The maximum Gasteiger partial charge on any atom is 0.140 e. The molecule has 4 heteroatoms. The number of nitrogens with zero attached hydrogens (tertiary/aromatic N) is 3. The van der Waals surface area contributed by atoms with Crippen molar-refractivity contribution in [2.24, 2.45) is 0 Å². The fraction of sp³-hybridized carbons (Fsp3) is 0.500. The molecular weight excluding hydrogens is 248 g/mol. The highest BCUT2D eigenvalue weighted by atomic mass is 15.1. The van der Waals surface area contributed by atoms with Crippen molar-refractivity contribution in [3.8, 4) is 5.82 Å². The van der Waals surface area contributed by atoms with Crippen LogP contribution in [0.3, 0.4) is 0 Å². The van der Waals surface area contributed by atoms with Crippen LogP contribution >= 0.6 is 0 Å². The van der Waals surface area contributed by atoms with Crippen LogP contribution < -0.4 is 5.32 Å². The number of imidazole rings is 1. The first-order valence-electron chi connectivity index (χ1n) is 7.14. The lowest BCUT2D eigenvalue weighted by atomic mass is 10.1. The summed E-state index contributed by atoms with van der Waals surface area (Å²) in [6, 6.07) is 2.19. The molecule has 4 nitrogen and oxygen atoms in total. The van der Waals surface area contributed by atoms with Crippen LogP contribution in [0.25, 0.3) is 5.82 Å². The Morgan fingerprint density at radius 2 is 2.00 bits per heavy atom. The molecule has 108 valence electrons. The van der Waals surface area contributed by atoms with Gasteiger partial charge in [-0.15, -0.1) is 0 Å². The quantitative estimate of drug-likeness (QED) is 0.930. The third-order valence-electron chi connectivity index (χ3n) is 3.19. The van der Waals surface area contributed by atoms with Gasteiger partial charge in [0.05, 0.1) is 0 Å². The van der Waals surface area contributed by atoms with Crippen LogP contribution in [0.4, 0.5) is 0 Å². The van der Waals surface area contributed by atoms with Gasteiger partial charge in [0.1, 0.15) is 11.6 Å². The first-order valence-corrected chi connectivity index (χ1v) is 7.14. The fourth-order valence-electron chi connectivity index (χ4n) is 2.13. The Morgan fingerprint density at radius 3 is 2.60 bits per heavy atom. The summed E-state index contributed by atoms with van der Waals surface area (Å²) in [5.41, 5.74) is 2.50. The van der Waals surface area contributed by atoms with E-state index in [4.69, 9.17) is 0 Å². The number of aryl methyl sites for hydroxylation is 2. The predicted molar refractivity (Wildman–Crippen MR) is 82.1 cm³/mol. The Labute approximate surface area is 121 Å². The summed E-state index contributed by atoms with van der Waals surface area (Å²) in [6.07, 6.45) is 6.65. The minimum Gasteiger partial charge on any atom is -0.308 e. The smallest absolute Gasteiger partial charge is 0.140 e. The normalized spacial score (nSPS) is 11.8. The molecule has 2 aromatic rings. The third kappa shape index (κ3) is 3.45. The molecule has 0 atom stereocenters. The number of hydrogen-bond donors (Lipinski definition) is 1. The van der Waals surface area contributed by atoms with Gasteiger partial charge in [0.15, 0.2) is 0 Å². The molecule has 2 heterocycles. The zero-order valence-electron chi connectivity index (χ0n) is 13.1. The third-order valence-corrected chi connectivity index (χ3v) is 3.19. The van der Waals surface area contributed by atoms with Gasteiger partial charge in [-0.1, -0.05) is 6.92 Å².